The zero-order chi connectivity index (χ0) is 26.9. The first-order valence-electron chi connectivity index (χ1n) is 12.3. The second kappa shape index (κ2) is 13.7. The Balaban J connectivity index is 2.15. The Morgan fingerprint density at radius 2 is 1.69 bits per heavy atom. The minimum atomic E-state index is -3.58. The Morgan fingerprint density at radius 3 is 2.31 bits per heavy atom. The molecule has 0 fully saturated rings. The molecule has 0 saturated carbocycles. The van der Waals surface area contributed by atoms with Crippen LogP contribution in [0.15, 0.2) is 48.5 Å². The molecule has 0 unspecified atom stereocenters. The van der Waals surface area contributed by atoms with Gasteiger partial charge in [-0.3, -0.25) is 13.9 Å². The molecule has 0 aliphatic heterocycles. The Morgan fingerprint density at radius 1 is 1.03 bits per heavy atom. The number of carbonyl (C=O) groups excluding carboxylic acids is 2. The largest absolute Gasteiger partial charge is 0.352 e. The lowest BCUT2D eigenvalue weighted by molar-refractivity contribution is -0.140. The highest BCUT2D eigenvalue weighted by molar-refractivity contribution is 7.92. The molecule has 36 heavy (non-hydrogen) atoms. The van der Waals surface area contributed by atoms with Gasteiger partial charge in [-0.25, -0.2) is 8.42 Å². The number of sulfonamides is 1. The van der Waals surface area contributed by atoms with Gasteiger partial charge in [-0.15, -0.1) is 0 Å². The number of rotatable bonds is 13. The van der Waals surface area contributed by atoms with Gasteiger partial charge >= 0.3 is 0 Å². The first-order valence-corrected chi connectivity index (χ1v) is 14.5. The van der Waals surface area contributed by atoms with Gasteiger partial charge in [-0.1, -0.05) is 54.9 Å². The molecule has 2 rings (SSSR count). The molecule has 2 amide bonds. The molecule has 2 atom stereocenters. The number of nitrogens with one attached hydrogen (secondary N) is 1. The molecule has 2 aromatic carbocycles. The molecule has 0 spiro atoms. The molecule has 198 valence electrons. The van der Waals surface area contributed by atoms with Crippen molar-refractivity contribution >= 4 is 39.1 Å². The summed E-state index contributed by atoms with van der Waals surface area (Å²) in [5, 5.41) is 3.43. The summed E-state index contributed by atoms with van der Waals surface area (Å²) in [5.74, 6) is -0.382. The molecular formula is C27H38ClN3O4S. The van der Waals surface area contributed by atoms with Crippen LogP contribution in [-0.2, 0) is 26.0 Å². The summed E-state index contributed by atoms with van der Waals surface area (Å²) in [6.07, 6.45) is 2.97. The maximum absolute atomic E-state index is 13.3. The summed E-state index contributed by atoms with van der Waals surface area (Å²) in [6, 6.07) is 14.3. The highest BCUT2D eigenvalue weighted by Gasteiger charge is 2.27. The van der Waals surface area contributed by atoms with E-state index in [-0.39, 0.29) is 30.8 Å². The van der Waals surface area contributed by atoms with Gasteiger partial charge in [-0.05, 0) is 63.3 Å². The number of nitrogens with zero attached hydrogens (tertiary/aromatic N) is 2. The third-order valence-electron chi connectivity index (χ3n) is 6.31. The molecule has 0 bridgehead atoms. The van der Waals surface area contributed by atoms with E-state index in [1.807, 2.05) is 44.2 Å². The lowest BCUT2D eigenvalue weighted by atomic mass is 10.1. The number of amides is 2. The van der Waals surface area contributed by atoms with Crippen LogP contribution in [0.2, 0.25) is 5.02 Å². The quantitative estimate of drug-likeness (QED) is 0.407. The molecule has 0 aliphatic carbocycles. The smallest absolute Gasteiger partial charge is 0.242 e. The Labute approximate surface area is 220 Å². The highest BCUT2D eigenvalue weighted by atomic mass is 35.5. The molecule has 2 aromatic rings. The summed E-state index contributed by atoms with van der Waals surface area (Å²) in [5.41, 5.74) is 2.24. The first-order chi connectivity index (χ1) is 17.0. The van der Waals surface area contributed by atoms with Gasteiger partial charge in [0.1, 0.15) is 6.04 Å². The van der Waals surface area contributed by atoms with E-state index in [1.54, 1.807) is 36.9 Å². The summed E-state index contributed by atoms with van der Waals surface area (Å²) < 4.78 is 26.3. The van der Waals surface area contributed by atoms with Crippen molar-refractivity contribution in [2.24, 2.45) is 0 Å². The van der Waals surface area contributed by atoms with E-state index < -0.39 is 16.1 Å². The van der Waals surface area contributed by atoms with Crippen LogP contribution in [0, 0.1) is 6.92 Å². The van der Waals surface area contributed by atoms with Crippen LogP contribution in [0.5, 0.6) is 0 Å². The second-order valence-corrected chi connectivity index (χ2v) is 11.5. The second-order valence-electron chi connectivity index (χ2n) is 9.14. The SMILES string of the molecule is CC[C@@H](C)NC(=O)[C@@H](C)N(CCc1ccccc1)C(=O)CCCN(c1cccc(Cl)c1C)S(C)(=O)=O. The van der Waals surface area contributed by atoms with Crippen molar-refractivity contribution in [1.82, 2.24) is 10.2 Å². The summed E-state index contributed by atoms with van der Waals surface area (Å²) in [6.45, 7) is 7.94. The first kappa shape index (κ1) is 29.6. The number of hydrogen-bond acceptors (Lipinski definition) is 4. The van der Waals surface area contributed by atoms with Crippen LogP contribution in [0.1, 0.15) is 51.2 Å². The van der Waals surface area contributed by atoms with Crippen LogP contribution >= 0.6 is 11.6 Å². The molecule has 7 nitrogen and oxygen atoms in total. The number of hydrogen-bond donors (Lipinski definition) is 1. The van der Waals surface area contributed by atoms with Crippen LogP contribution in [-0.4, -0.2) is 56.6 Å². The minimum Gasteiger partial charge on any atom is -0.352 e. The lowest BCUT2D eigenvalue weighted by Crippen LogP contribution is -2.50. The molecular weight excluding hydrogens is 498 g/mol. The Bertz CT molecular complexity index is 1130. The minimum absolute atomic E-state index is 0.00952. The molecule has 0 aliphatic rings. The molecule has 0 saturated heterocycles. The van der Waals surface area contributed by atoms with Gasteiger partial charge in [0.05, 0.1) is 11.9 Å². The predicted molar refractivity (Wildman–Crippen MR) is 147 cm³/mol. The fourth-order valence-corrected chi connectivity index (χ4v) is 5.07. The maximum Gasteiger partial charge on any atom is 0.242 e. The zero-order valence-electron chi connectivity index (χ0n) is 21.8. The lowest BCUT2D eigenvalue weighted by Gasteiger charge is -2.30. The Kier molecular flexibility index (Phi) is 11.2. The van der Waals surface area contributed by atoms with E-state index in [9.17, 15) is 18.0 Å². The van der Waals surface area contributed by atoms with Crippen LogP contribution in [0.25, 0.3) is 0 Å². The van der Waals surface area contributed by atoms with Gasteiger partial charge in [0.25, 0.3) is 0 Å². The van der Waals surface area contributed by atoms with Gasteiger partial charge in [0, 0.05) is 30.6 Å². The van der Waals surface area contributed by atoms with Gasteiger partial charge in [0.2, 0.25) is 21.8 Å². The monoisotopic (exact) mass is 535 g/mol. The van der Waals surface area contributed by atoms with E-state index in [0.717, 1.165) is 18.2 Å². The fraction of sp³-hybridized carbons (Fsp3) is 0.481. The van der Waals surface area contributed by atoms with Crippen molar-refractivity contribution in [3.05, 3.63) is 64.7 Å². The molecule has 0 heterocycles. The van der Waals surface area contributed by atoms with Crippen molar-refractivity contribution < 1.29 is 18.0 Å². The molecule has 1 N–H and O–H groups in total. The van der Waals surface area contributed by atoms with Crippen molar-refractivity contribution in [2.45, 2.75) is 65.5 Å². The van der Waals surface area contributed by atoms with E-state index in [0.29, 0.717) is 35.7 Å². The zero-order valence-corrected chi connectivity index (χ0v) is 23.4. The Hall–Kier alpha value is -2.58. The average Bonchev–Trinajstić information content (AvgIpc) is 2.83. The summed E-state index contributed by atoms with van der Waals surface area (Å²) in [4.78, 5) is 27.7. The van der Waals surface area contributed by atoms with Crippen molar-refractivity contribution in [3.63, 3.8) is 0 Å². The highest BCUT2D eigenvalue weighted by Crippen LogP contribution is 2.28. The average molecular weight is 536 g/mol. The van der Waals surface area contributed by atoms with E-state index in [2.05, 4.69) is 5.32 Å². The van der Waals surface area contributed by atoms with Gasteiger partial charge < -0.3 is 10.2 Å². The van der Waals surface area contributed by atoms with Gasteiger partial charge in [-0.2, -0.15) is 0 Å². The van der Waals surface area contributed by atoms with E-state index in [4.69, 9.17) is 11.6 Å². The van der Waals surface area contributed by atoms with Gasteiger partial charge in [0.15, 0.2) is 0 Å². The van der Waals surface area contributed by atoms with E-state index in [1.165, 1.54) is 4.31 Å². The normalized spacial score (nSPS) is 13.1. The third-order valence-corrected chi connectivity index (χ3v) is 7.90. The van der Waals surface area contributed by atoms with E-state index >= 15 is 0 Å². The number of halogens is 1. The number of benzene rings is 2. The van der Waals surface area contributed by atoms with Crippen LogP contribution < -0.4 is 9.62 Å². The number of anilines is 1. The topological polar surface area (TPSA) is 86.8 Å². The summed E-state index contributed by atoms with van der Waals surface area (Å²) in [7, 11) is -3.58. The third kappa shape index (κ3) is 8.52. The standard InChI is InChI=1S/C27H38ClN3O4S/c1-6-20(2)29-27(33)22(4)30(19-17-23-12-8-7-9-13-23)26(32)16-11-18-31(36(5,34)35)25-15-10-14-24(28)21(25)3/h7-10,12-15,20,22H,6,11,16-19H2,1-5H3,(H,29,33)/t20-,22-/m1/s1. The van der Waals surface area contributed by atoms with Crippen molar-refractivity contribution in [2.75, 3.05) is 23.7 Å². The maximum atomic E-state index is 13.3. The predicted octanol–water partition coefficient (Wildman–Crippen LogP) is 4.57. The molecule has 0 aromatic heterocycles. The summed E-state index contributed by atoms with van der Waals surface area (Å²) >= 11 is 6.21. The molecule has 0 radical (unpaired) electrons. The molecule has 9 heteroatoms. The van der Waals surface area contributed by atoms with Crippen LogP contribution in [0.4, 0.5) is 5.69 Å². The number of carbonyl (C=O) groups is 2. The fourth-order valence-electron chi connectivity index (χ4n) is 3.88. The van der Waals surface area contributed by atoms with Crippen molar-refractivity contribution in [3.8, 4) is 0 Å². The van der Waals surface area contributed by atoms with Crippen LogP contribution in [0.3, 0.4) is 0 Å². The van der Waals surface area contributed by atoms with Crippen molar-refractivity contribution in [1.29, 1.82) is 0 Å².